The predicted molar refractivity (Wildman–Crippen MR) is 147 cm³/mol. The lowest BCUT2D eigenvalue weighted by Gasteiger charge is -2.41. The Hall–Kier alpha value is -3.27. The molecule has 1 aliphatic rings. The van der Waals surface area contributed by atoms with E-state index in [1.165, 1.54) is 0 Å². The average Bonchev–Trinajstić information content (AvgIpc) is 3.38. The van der Waals surface area contributed by atoms with Crippen LogP contribution in [0.4, 0.5) is 16.4 Å². The molecule has 37 heavy (non-hydrogen) atoms. The van der Waals surface area contributed by atoms with Gasteiger partial charge in [0.2, 0.25) is 0 Å². The van der Waals surface area contributed by atoms with E-state index < -0.39 is 0 Å². The molecule has 1 aromatic heterocycles. The van der Waals surface area contributed by atoms with Gasteiger partial charge in [0, 0.05) is 28.3 Å². The predicted octanol–water partition coefficient (Wildman–Crippen LogP) is 6.16. The average molecular weight is 569 g/mol. The van der Waals surface area contributed by atoms with Crippen LogP contribution in [0.2, 0.25) is 0 Å². The van der Waals surface area contributed by atoms with Crippen LogP contribution in [0.1, 0.15) is 67.9 Å². The van der Waals surface area contributed by atoms with E-state index in [2.05, 4.69) is 68.0 Å². The first-order chi connectivity index (χ1) is 17.6. The highest BCUT2D eigenvalue weighted by Gasteiger charge is 2.33. The summed E-state index contributed by atoms with van der Waals surface area (Å²) in [6, 6.07) is 13.1. The zero-order valence-electron chi connectivity index (χ0n) is 21.7. The van der Waals surface area contributed by atoms with Crippen LogP contribution in [0.15, 0.2) is 46.9 Å². The third-order valence-electron chi connectivity index (χ3n) is 7.19. The number of rotatable bonds is 6. The number of urea groups is 1. The van der Waals surface area contributed by atoms with Gasteiger partial charge in [-0.05, 0) is 84.5 Å². The molecule has 4 rings (SSSR count). The van der Waals surface area contributed by atoms with E-state index in [0.29, 0.717) is 18.0 Å². The van der Waals surface area contributed by atoms with E-state index in [1.807, 2.05) is 42.2 Å². The van der Waals surface area contributed by atoms with Gasteiger partial charge in [-0.15, -0.1) is 5.10 Å². The minimum Gasteiger partial charge on any atom is -0.317 e. The minimum atomic E-state index is -0.326. The van der Waals surface area contributed by atoms with Crippen molar-refractivity contribution in [1.82, 2.24) is 25.5 Å². The number of aromatic nitrogens is 4. The number of nitrogens with one attached hydrogen (secondary N) is 3. The number of H-pyrrole nitrogens is 1. The highest BCUT2D eigenvalue weighted by Crippen LogP contribution is 2.39. The van der Waals surface area contributed by atoms with Gasteiger partial charge < -0.3 is 10.2 Å². The van der Waals surface area contributed by atoms with Crippen LogP contribution >= 0.6 is 15.9 Å². The van der Waals surface area contributed by atoms with E-state index in [4.69, 9.17) is 0 Å². The summed E-state index contributed by atoms with van der Waals surface area (Å²) in [5, 5.41) is 18.9. The van der Waals surface area contributed by atoms with Crippen LogP contribution in [-0.4, -0.2) is 43.5 Å². The van der Waals surface area contributed by atoms with Crippen molar-refractivity contribution in [1.29, 1.82) is 0 Å². The van der Waals surface area contributed by atoms with Gasteiger partial charge in [-0.3, -0.25) is 10.1 Å². The molecular weight excluding hydrogens is 534 g/mol. The second-order valence-corrected chi connectivity index (χ2v) is 11.6. The van der Waals surface area contributed by atoms with Gasteiger partial charge in [-0.2, -0.15) is 5.21 Å². The van der Waals surface area contributed by atoms with E-state index >= 15 is 0 Å². The molecule has 10 heteroatoms. The second kappa shape index (κ2) is 11.4. The molecule has 2 aromatic carbocycles. The number of carbonyl (C=O) groups excluding carboxylic acids is 2. The molecule has 9 nitrogen and oxygen atoms in total. The van der Waals surface area contributed by atoms with Crippen molar-refractivity contribution < 1.29 is 9.59 Å². The molecule has 3 amide bonds. The molecule has 3 N–H and O–H groups in total. The highest BCUT2D eigenvalue weighted by atomic mass is 79.9. The Labute approximate surface area is 225 Å². The number of aryl methyl sites for hydroxylation is 1. The molecule has 0 unspecified atom stereocenters. The van der Waals surface area contributed by atoms with Crippen molar-refractivity contribution in [3.63, 3.8) is 0 Å². The van der Waals surface area contributed by atoms with Gasteiger partial charge in [0.05, 0.1) is 0 Å². The lowest BCUT2D eigenvalue weighted by Crippen LogP contribution is -2.45. The van der Waals surface area contributed by atoms with E-state index in [1.54, 1.807) is 12.1 Å². The maximum Gasteiger partial charge on any atom is 0.322 e. The Kier molecular flexibility index (Phi) is 8.26. The molecule has 0 radical (unpaired) electrons. The van der Waals surface area contributed by atoms with Gasteiger partial charge in [-0.1, -0.05) is 60.0 Å². The Morgan fingerprint density at radius 2 is 1.76 bits per heavy atom. The van der Waals surface area contributed by atoms with E-state index in [-0.39, 0.29) is 29.3 Å². The Morgan fingerprint density at radius 3 is 2.35 bits per heavy atom. The molecule has 0 atom stereocenters. The SMILES string of the molecule is Cc1ccc(NC(=O)N(Cc2ccc(C(=O)Nc3nn[nH]n3)cc2)C2CCC(C(C)(C)C)CC2)cc1Br. The van der Waals surface area contributed by atoms with Crippen molar-refractivity contribution in [3.8, 4) is 0 Å². The first kappa shape index (κ1) is 26.8. The molecule has 196 valence electrons. The molecule has 0 spiro atoms. The zero-order chi connectivity index (χ0) is 26.6. The van der Waals surface area contributed by atoms with Gasteiger partial charge >= 0.3 is 6.03 Å². The van der Waals surface area contributed by atoms with Crippen LogP contribution in [0, 0.1) is 18.3 Å². The summed E-state index contributed by atoms with van der Waals surface area (Å²) in [6.07, 6.45) is 4.14. The maximum absolute atomic E-state index is 13.6. The third kappa shape index (κ3) is 6.94. The minimum absolute atomic E-state index is 0.116. The number of aromatic amines is 1. The van der Waals surface area contributed by atoms with E-state index in [9.17, 15) is 9.59 Å². The fourth-order valence-electron chi connectivity index (χ4n) is 4.83. The van der Waals surface area contributed by atoms with Crippen molar-refractivity contribution in [2.45, 2.75) is 66.0 Å². The summed E-state index contributed by atoms with van der Waals surface area (Å²) >= 11 is 3.55. The Balaban J connectivity index is 1.49. The monoisotopic (exact) mass is 567 g/mol. The molecule has 0 bridgehead atoms. The van der Waals surface area contributed by atoms with Crippen LogP contribution in [0.25, 0.3) is 0 Å². The lowest BCUT2D eigenvalue weighted by atomic mass is 9.71. The van der Waals surface area contributed by atoms with Gasteiger partial charge in [0.1, 0.15) is 0 Å². The Bertz CT molecular complexity index is 1210. The van der Waals surface area contributed by atoms with Gasteiger partial charge in [0.25, 0.3) is 11.9 Å². The van der Waals surface area contributed by atoms with Crippen molar-refractivity contribution in [2.24, 2.45) is 11.3 Å². The van der Waals surface area contributed by atoms with Gasteiger partial charge in [0.15, 0.2) is 0 Å². The highest BCUT2D eigenvalue weighted by molar-refractivity contribution is 9.10. The molecule has 3 aromatic rings. The smallest absolute Gasteiger partial charge is 0.317 e. The normalized spacial score (nSPS) is 17.8. The van der Waals surface area contributed by atoms with E-state index in [0.717, 1.165) is 47.0 Å². The number of halogens is 1. The molecule has 0 aliphatic heterocycles. The molecule has 1 fully saturated rings. The summed E-state index contributed by atoms with van der Waals surface area (Å²) in [6.45, 7) is 9.37. The molecule has 1 heterocycles. The summed E-state index contributed by atoms with van der Waals surface area (Å²) in [5.41, 5.74) is 3.56. The number of hydrogen-bond acceptors (Lipinski definition) is 5. The van der Waals surface area contributed by atoms with Gasteiger partial charge in [-0.25, -0.2) is 4.79 Å². The van der Waals surface area contributed by atoms with Crippen LogP contribution < -0.4 is 10.6 Å². The number of nitrogens with zero attached hydrogens (tertiary/aromatic N) is 4. The van der Waals surface area contributed by atoms with Crippen LogP contribution in [0.3, 0.4) is 0 Å². The first-order valence-electron chi connectivity index (χ1n) is 12.6. The number of carbonyl (C=O) groups is 2. The summed E-state index contributed by atoms with van der Waals surface area (Å²) in [4.78, 5) is 28.0. The van der Waals surface area contributed by atoms with Crippen molar-refractivity contribution >= 4 is 39.5 Å². The third-order valence-corrected chi connectivity index (χ3v) is 8.04. The number of hydrogen-bond donors (Lipinski definition) is 3. The van der Waals surface area contributed by atoms with Crippen molar-refractivity contribution in [3.05, 3.63) is 63.6 Å². The number of anilines is 2. The summed E-state index contributed by atoms with van der Waals surface area (Å²) in [7, 11) is 0. The largest absolute Gasteiger partial charge is 0.322 e. The summed E-state index contributed by atoms with van der Waals surface area (Å²) < 4.78 is 0.956. The molecule has 1 aliphatic carbocycles. The maximum atomic E-state index is 13.6. The first-order valence-corrected chi connectivity index (χ1v) is 13.4. The second-order valence-electron chi connectivity index (χ2n) is 10.8. The Morgan fingerprint density at radius 1 is 1.05 bits per heavy atom. The number of benzene rings is 2. The number of amides is 3. The zero-order valence-corrected chi connectivity index (χ0v) is 23.3. The lowest BCUT2D eigenvalue weighted by molar-refractivity contribution is 0.102. The summed E-state index contributed by atoms with van der Waals surface area (Å²) in [5.74, 6) is 0.442. The molecular formula is C27H34BrN7O2. The molecule has 0 saturated heterocycles. The van der Waals surface area contributed by atoms with Crippen LogP contribution in [-0.2, 0) is 6.54 Å². The number of tetrazole rings is 1. The van der Waals surface area contributed by atoms with Crippen molar-refractivity contribution in [2.75, 3.05) is 10.6 Å². The fraction of sp³-hybridized carbons (Fsp3) is 0.444. The van der Waals surface area contributed by atoms with Crippen LogP contribution in [0.5, 0.6) is 0 Å². The topological polar surface area (TPSA) is 116 Å². The fourth-order valence-corrected chi connectivity index (χ4v) is 5.21. The quantitative estimate of drug-likeness (QED) is 0.329. The standard InChI is InChI=1S/C27H34BrN7O2/c1-17-5-12-21(15-23(17)28)29-26(37)35(22-13-10-20(11-14-22)27(2,3)4)16-18-6-8-19(9-7-18)24(36)30-25-31-33-34-32-25/h5-9,12,15,20,22H,10-11,13-14,16H2,1-4H3,(H,29,37)(H2,30,31,32,33,34,36). The molecule has 1 saturated carbocycles.